The van der Waals surface area contributed by atoms with Crippen molar-refractivity contribution in [3.05, 3.63) is 81.0 Å². The Morgan fingerprint density at radius 1 is 1.10 bits per heavy atom. The Morgan fingerprint density at radius 2 is 1.83 bits per heavy atom. The summed E-state index contributed by atoms with van der Waals surface area (Å²) in [7, 11) is 0. The lowest BCUT2D eigenvalue weighted by atomic mass is 10.0. The van der Waals surface area contributed by atoms with Crippen LogP contribution in [-0.4, -0.2) is 32.8 Å². The molecule has 2 aromatic carbocycles. The molecule has 3 aromatic rings. The van der Waals surface area contributed by atoms with Gasteiger partial charge in [0.2, 0.25) is 0 Å². The fraction of sp³-hybridized carbons (Fsp3) is 0.375. The minimum Gasteiger partial charge on any atom is -0.422 e. The molecule has 1 fully saturated rings. The van der Waals surface area contributed by atoms with Crippen LogP contribution >= 0.6 is 0 Å². The second-order valence-electron chi connectivity index (χ2n) is 8.08. The van der Waals surface area contributed by atoms with Crippen LogP contribution in [0.2, 0.25) is 0 Å². The Balaban J connectivity index is 1.55. The van der Waals surface area contributed by atoms with E-state index in [0.717, 1.165) is 60.5 Å². The smallest absolute Gasteiger partial charge is 0.336 e. The van der Waals surface area contributed by atoms with E-state index in [1.807, 2.05) is 32.0 Å². The van der Waals surface area contributed by atoms with Crippen molar-refractivity contribution in [3.63, 3.8) is 0 Å². The molecule has 6 heteroatoms. The summed E-state index contributed by atoms with van der Waals surface area (Å²) in [5.74, 6) is -0.216. The summed E-state index contributed by atoms with van der Waals surface area (Å²) in [6.07, 6.45) is 0. The van der Waals surface area contributed by atoms with Crippen molar-refractivity contribution in [1.29, 1.82) is 0 Å². The highest BCUT2D eigenvalue weighted by atomic mass is 19.1. The number of morpholine rings is 1. The van der Waals surface area contributed by atoms with Gasteiger partial charge in [0.1, 0.15) is 37.6 Å². The predicted molar refractivity (Wildman–Crippen MR) is 113 cm³/mol. The van der Waals surface area contributed by atoms with Gasteiger partial charge in [-0.15, -0.1) is 0 Å². The summed E-state index contributed by atoms with van der Waals surface area (Å²) in [6, 6.07) is 12.8. The maximum absolute atomic E-state index is 13.4. The maximum Gasteiger partial charge on any atom is 0.336 e. The number of halogens is 1. The molecule has 3 N–H and O–H groups in total. The molecule has 4 rings (SSSR count). The normalized spacial score (nSPS) is 16.1. The van der Waals surface area contributed by atoms with Crippen LogP contribution < -0.4 is 15.8 Å². The van der Waals surface area contributed by atoms with Crippen molar-refractivity contribution < 1.29 is 23.8 Å². The van der Waals surface area contributed by atoms with Crippen LogP contribution in [0.3, 0.4) is 0 Å². The van der Waals surface area contributed by atoms with Gasteiger partial charge in [-0.1, -0.05) is 12.1 Å². The van der Waals surface area contributed by atoms with Crippen LogP contribution in [0, 0.1) is 19.7 Å². The van der Waals surface area contributed by atoms with Gasteiger partial charge in [-0.05, 0) is 49.2 Å². The van der Waals surface area contributed by atoms with E-state index in [4.69, 9.17) is 9.15 Å². The molecular formula is C24H29FN2O3+2. The quantitative estimate of drug-likeness (QED) is 0.600. The molecular weight excluding hydrogens is 383 g/mol. The summed E-state index contributed by atoms with van der Waals surface area (Å²) in [5.41, 5.74) is 4.60. The lowest BCUT2D eigenvalue weighted by molar-refractivity contribution is -0.952. The molecule has 5 nitrogen and oxygen atoms in total. The highest BCUT2D eigenvalue weighted by molar-refractivity contribution is 5.83. The first kappa shape index (κ1) is 20.7. The van der Waals surface area contributed by atoms with E-state index >= 15 is 0 Å². The van der Waals surface area contributed by atoms with Crippen molar-refractivity contribution in [1.82, 2.24) is 0 Å². The molecule has 0 radical (unpaired) electrons. The minimum atomic E-state index is -0.312. The van der Waals surface area contributed by atoms with Gasteiger partial charge in [0, 0.05) is 22.6 Å². The molecule has 1 atom stereocenters. The van der Waals surface area contributed by atoms with Gasteiger partial charge in [0.15, 0.2) is 6.04 Å². The summed E-state index contributed by atoms with van der Waals surface area (Å²) in [4.78, 5) is 13.6. The van der Waals surface area contributed by atoms with Crippen molar-refractivity contribution in [2.75, 3.05) is 32.8 Å². The summed E-state index contributed by atoms with van der Waals surface area (Å²) >= 11 is 0. The molecule has 1 aliphatic heterocycles. The number of benzene rings is 2. The molecule has 158 valence electrons. The number of hydrogen-bond acceptors (Lipinski definition) is 3. The van der Waals surface area contributed by atoms with Crippen molar-refractivity contribution in [2.45, 2.75) is 26.4 Å². The molecule has 0 amide bonds. The van der Waals surface area contributed by atoms with Crippen molar-refractivity contribution in [2.24, 2.45) is 0 Å². The minimum absolute atomic E-state index is 0.216. The van der Waals surface area contributed by atoms with Gasteiger partial charge >= 0.3 is 5.63 Å². The standard InChI is InChI=1S/C24H27FN2O3/c1-16-3-8-21-19(13-23(28)30-24(21)17(16)2)14-26-15-22(27-9-11-29-12-10-27)18-4-6-20(25)7-5-18/h3-8,13,22,26H,9-12,14-15H2,1-2H3/p+2/t22-/m0/s1. The Hall–Kier alpha value is -2.54. The van der Waals surface area contributed by atoms with Crippen LogP contribution in [0.15, 0.2) is 51.7 Å². The number of hydrogen-bond donors (Lipinski definition) is 2. The first-order valence-corrected chi connectivity index (χ1v) is 10.6. The molecule has 0 unspecified atom stereocenters. The van der Waals surface area contributed by atoms with Crippen molar-refractivity contribution >= 4 is 11.0 Å². The fourth-order valence-corrected chi connectivity index (χ4v) is 4.31. The van der Waals surface area contributed by atoms with Gasteiger partial charge in [-0.3, -0.25) is 0 Å². The highest BCUT2D eigenvalue weighted by Gasteiger charge is 2.28. The van der Waals surface area contributed by atoms with E-state index in [9.17, 15) is 9.18 Å². The number of ether oxygens (including phenoxy) is 1. The number of aryl methyl sites for hydroxylation is 2. The van der Waals surface area contributed by atoms with Crippen molar-refractivity contribution in [3.8, 4) is 0 Å². The zero-order valence-electron chi connectivity index (χ0n) is 17.5. The maximum atomic E-state index is 13.4. The second kappa shape index (κ2) is 9.08. The summed E-state index contributed by atoms with van der Waals surface area (Å²) in [5, 5.41) is 3.23. The third-order valence-electron chi connectivity index (χ3n) is 6.18. The van der Waals surface area contributed by atoms with Crippen LogP contribution in [0.4, 0.5) is 4.39 Å². The molecule has 0 saturated carbocycles. The van der Waals surface area contributed by atoms with Crippen LogP contribution in [0.5, 0.6) is 0 Å². The number of fused-ring (bicyclic) bond motifs is 1. The van der Waals surface area contributed by atoms with Gasteiger partial charge < -0.3 is 19.4 Å². The van der Waals surface area contributed by atoms with Gasteiger partial charge in [-0.2, -0.15) is 0 Å². The van der Waals surface area contributed by atoms with Crippen LogP contribution in [0.1, 0.15) is 28.3 Å². The predicted octanol–water partition coefficient (Wildman–Crippen LogP) is 1.27. The van der Waals surface area contributed by atoms with E-state index in [0.29, 0.717) is 12.1 Å². The molecule has 1 saturated heterocycles. The monoisotopic (exact) mass is 412 g/mol. The number of nitrogens with two attached hydrogens (primary N) is 1. The molecule has 0 bridgehead atoms. The Labute approximate surface area is 175 Å². The Kier molecular flexibility index (Phi) is 6.27. The third kappa shape index (κ3) is 4.46. The van der Waals surface area contributed by atoms with Crippen LogP contribution in [-0.2, 0) is 11.3 Å². The fourth-order valence-electron chi connectivity index (χ4n) is 4.31. The molecule has 1 aliphatic rings. The average molecular weight is 413 g/mol. The van der Waals surface area contributed by atoms with E-state index in [1.54, 1.807) is 6.07 Å². The lowest BCUT2D eigenvalue weighted by Gasteiger charge is -2.30. The van der Waals surface area contributed by atoms with Gasteiger partial charge in [-0.25, -0.2) is 9.18 Å². The zero-order valence-corrected chi connectivity index (χ0v) is 17.5. The highest BCUT2D eigenvalue weighted by Crippen LogP contribution is 2.22. The lowest BCUT2D eigenvalue weighted by Crippen LogP contribution is -3.16. The molecule has 2 heterocycles. The summed E-state index contributed by atoms with van der Waals surface area (Å²) < 4.78 is 24.5. The zero-order chi connectivity index (χ0) is 21.1. The first-order valence-electron chi connectivity index (χ1n) is 10.6. The topological polar surface area (TPSA) is 60.5 Å². The largest absolute Gasteiger partial charge is 0.422 e. The van der Waals surface area contributed by atoms with E-state index in [-0.39, 0.29) is 17.5 Å². The van der Waals surface area contributed by atoms with Gasteiger partial charge in [0.25, 0.3) is 0 Å². The molecule has 0 spiro atoms. The van der Waals surface area contributed by atoms with E-state index in [1.165, 1.54) is 17.0 Å². The average Bonchev–Trinajstić information content (AvgIpc) is 2.75. The molecule has 30 heavy (non-hydrogen) atoms. The third-order valence-corrected chi connectivity index (χ3v) is 6.18. The number of rotatable bonds is 6. The molecule has 1 aromatic heterocycles. The number of quaternary nitrogens is 2. The SMILES string of the molecule is Cc1ccc2c(C[NH2+]C[C@@H](c3ccc(F)cc3)[NH+]3CCOCC3)cc(=O)oc2c1C. The second-order valence-corrected chi connectivity index (χ2v) is 8.08. The van der Waals surface area contributed by atoms with Crippen LogP contribution in [0.25, 0.3) is 11.0 Å². The Bertz CT molecular complexity index is 1070. The Morgan fingerprint density at radius 3 is 2.57 bits per heavy atom. The van der Waals surface area contributed by atoms with E-state index in [2.05, 4.69) is 11.4 Å². The first-order chi connectivity index (χ1) is 14.5. The molecule has 0 aliphatic carbocycles. The van der Waals surface area contributed by atoms with Gasteiger partial charge in [0.05, 0.1) is 13.2 Å². The van der Waals surface area contributed by atoms with E-state index < -0.39 is 0 Å². The number of nitrogens with one attached hydrogen (secondary N) is 1. The summed E-state index contributed by atoms with van der Waals surface area (Å²) in [6.45, 7) is 8.90.